The molecule has 0 spiro atoms. The Morgan fingerprint density at radius 2 is 1.67 bits per heavy atom. The highest BCUT2D eigenvalue weighted by molar-refractivity contribution is 9.11. The highest BCUT2D eigenvalue weighted by Crippen LogP contribution is 2.27. The minimum Gasteiger partial charge on any atom is -0.311 e. The van der Waals surface area contributed by atoms with Crippen LogP contribution in [0.3, 0.4) is 0 Å². The molecule has 4 heteroatoms. The third-order valence-corrected chi connectivity index (χ3v) is 6.01. The average molecular weight is 378 g/mol. The topological polar surface area (TPSA) is 12.0 Å². The maximum Gasteiger partial charge on any atom is 0.0701 e. The largest absolute Gasteiger partial charge is 0.311 e. The van der Waals surface area contributed by atoms with Gasteiger partial charge in [-0.1, -0.05) is 30.3 Å². The van der Waals surface area contributed by atoms with E-state index in [2.05, 4.69) is 75.8 Å². The molecule has 2 heterocycles. The van der Waals surface area contributed by atoms with Crippen LogP contribution in [0, 0.1) is 0 Å². The van der Waals surface area contributed by atoms with Crippen molar-refractivity contribution < 1.29 is 0 Å². The van der Waals surface area contributed by atoms with Crippen LogP contribution in [0.1, 0.15) is 9.75 Å². The van der Waals surface area contributed by atoms with Crippen LogP contribution in [0.15, 0.2) is 58.4 Å². The van der Waals surface area contributed by atoms with Gasteiger partial charge in [-0.25, -0.2) is 0 Å². The first-order valence-corrected chi connectivity index (χ1v) is 9.33. The third kappa shape index (κ3) is 4.27. The van der Waals surface area contributed by atoms with Gasteiger partial charge in [0, 0.05) is 27.7 Å². The first-order chi connectivity index (χ1) is 10.3. The number of nitrogens with one attached hydrogen (secondary N) is 1. The molecule has 0 unspecified atom stereocenters. The number of rotatable bonds is 6. The lowest BCUT2D eigenvalue weighted by atomic mass is 10.2. The maximum atomic E-state index is 3.53. The third-order valence-electron chi connectivity index (χ3n) is 3.20. The standard InChI is InChI=1S/C17H16BrNS2/c18-17-9-7-14(21-17)10-11-19-12-15-6-8-16(20-15)13-4-2-1-3-5-13/h1-9,19H,10-12H2. The summed E-state index contributed by atoms with van der Waals surface area (Å²) in [7, 11) is 0. The van der Waals surface area contributed by atoms with E-state index in [9.17, 15) is 0 Å². The molecule has 0 saturated carbocycles. The van der Waals surface area contributed by atoms with Gasteiger partial charge in [0.15, 0.2) is 0 Å². The van der Waals surface area contributed by atoms with Gasteiger partial charge in [0.2, 0.25) is 0 Å². The van der Waals surface area contributed by atoms with E-state index in [1.54, 1.807) is 0 Å². The Balaban J connectivity index is 1.49. The van der Waals surface area contributed by atoms with Crippen molar-refractivity contribution >= 4 is 38.6 Å². The smallest absolute Gasteiger partial charge is 0.0701 e. The molecule has 108 valence electrons. The molecule has 0 atom stereocenters. The Kier molecular flexibility index (Phi) is 5.25. The van der Waals surface area contributed by atoms with Gasteiger partial charge in [0.1, 0.15) is 0 Å². The van der Waals surface area contributed by atoms with Crippen molar-refractivity contribution in [1.82, 2.24) is 5.32 Å². The van der Waals surface area contributed by atoms with Crippen molar-refractivity contribution in [3.63, 3.8) is 0 Å². The van der Waals surface area contributed by atoms with Crippen LogP contribution < -0.4 is 5.32 Å². The summed E-state index contributed by atoms with van der Waals surface area (Å²) in [5, 5.41) is 3.53. The minimum absolute atomic E-state index is 0.948. The van der Waals surface area contributed by atoms with Crippen molar-refractivity contribution in [2.45, 2.75) is 13.0 Å². The quantitative estimate of drug-likeness (QED) is 0.553. The predicted octanol–water partition coefficient (Wildman–Crippen LogP) is 5.57. The number of halogens is 1. The van der Waals surface area contributed by atoms with Crippen LogP contribution in [0.25, 0.3) is 10.4 Å². The van der Waals surface area contributed by atoms with Crippen molar-refractivity contribution in [3.05, 3.63) is 68.1 Å². The van der Waals surface area contributed by atoms with Crippen LogP contribution in [-0.2, 0) is 13.0 Å². The van der Waals surface area contributed by atoms with Crippen LogP contribution >= 0.6 is 38.6 Å². The first kappa shape index (κ1) is 15.0. The second-order valence-electron chi connectivity index (χ2n) is 4.76. The Morgan fingerprint density at radius 3 is 2.43 bits per heavy atom. The molecule has 0 bridgehead atoms. The second kappa shape index (κ2) is 7.36. The zero-order valence-corrected chi connectivity index (χ0v) is 14.7. The Hall–Kier alpha value is -0.940. The summed E-state index contributed by atoms with van der Waals surface area (Å²) >= 11 is 7.19. The summed E-state index contributed by atoms with van der Waals surface area (Å²) in [6.45, 7) is 1.97. The van der Waals surface area contributed by atoms with Crippen molar-refractivity contribution in [3.8, 4) is 10.4 Å². The monoisotopic (exact) mass is 377 g/mol. The van der Waals surface area contributed by atoms with E-state index in [0.29, 0.717) is 0 Å². The lowest BCUT2D eigenvalue weighted by Crippen LogP contribution is -2.15. The summed E-state index contributed by atoms with van der Waals surface area (Å²) < 4.78 is 1.21. The molecule has 0 amide bonds. The fourth-order valence-corrected chi connectivity index (χ4v) is 4.61. The molecule has 2 aromatic heterocycles. The molecule has 0 radical (unpaired) electrons. The van der Waals surface area contributed by atoms with Gasteiger partial charge in [-0.3, -0.25) is 0 Å². The van der Waals surface area contributed by atoms with Gasteiger partial charge in [0.05, 0.1) is 3.79 Å². The second-order valence-corrected chi connectivity index (χ2v) is 8.48. The van der Waals surface area contributed by atoms with Gasteiger partial charge in [-0.2, -0.15) is 0 Å². The zero-order chi connectivity index (χ0) is 14.5. The van der Waals surface area contributed by atoms with Gasteiger partial charge < -0.3 is 5.32 Å². The molecule has 0 aliphatic carbocycles. The number of thiophene rings is 2. The fourth-order valence-electron chi connectivity index (χ4n) is 2.14. The van der Waals surface area contributed by atoms with Crippen LogP contribution in [-0.4, -0.2) is 6.54 Å². The Morgan fingerprint density at radius 1 is 0.857 bits per heavy atom. The normalized spacial score (nSPS) is 10.9. The molecule has 1 N–H and O–H groups in total. The lowest BCUT2D eigenvalue weighted by Gasteiger charge is -2.01. The molecule has 0 aliphatic heterocycles. The molecule has 1 nitrogen and oxygen atoms in total. The van der Waals surface area contributed by atoms with Gasteiger partial charge in [-0.15, -0.1) is 22.7 Å². The van der Waals surface area contributed by atoms with E-state index < -0.39 is 0 Å². The van der Waals surface area contributed by atoms with Crippen LogP contribution in [0.4, 0.5) is 0 Å². The van der Waals surface area contributed by atoms with E-state index in [0.717, 1.165) is 19.5 Å². The molecule has 21 heavy (non-hydrogen) atoms. The summed E-state index contributed by atoms with van der Waals surface area (Å²) in [4.78, 5) is 4.15. The van der Waals surface area contributed by atoms with Crippen molar-refractivity contribution in [1.29, 1.82) is 0 Å². The van der Waals surface area contributed by atoms with E-state index in [-0.39, 0.29) is 0 Å². The van der Waals surface area contributed by atoms with Crippen LogP contribution in [0.5, 0.6) is 0 Å². The number of hydrogen-bond donors (Lipinski definition) is 1. The number of benzene rings is 1. The van der Waals surface area contributed by atoms with E-state index in [4.69, 9.17) is 0 Å². The highest BCUT2D eigenvalue weighted by atomic mass is 79.9. The van der Waals surface area contributed by atoms with Gasteiger partial charge >= 0.3 is 0 Å². The zero-order valence-electron chi connectivity index (χ0n) is 11.5. The van der Waals surface area contributed by atoms with Crippen LogP contribution in [0.2, 0.25) is 0 Å². The van der Waals surface area contributed by atoms with Gasteiger partial charge in [0.25, 0.3) is 0 Å². The molecular formula is C17H16BrNS2. The molecule has 3 rings (SSSR count). The average Bonchev–Trinajstić information content (AvgIpc) is 3.14. The summed E-state index contributed by atoms with van der Waals surface area (Å²) in [6.07, 6.45) is 1.09. The minimum atomic E-state index is 0.948. The number of hydrogen-bond acceptors (Lipinski definition) is 3. The summed E-state index contributed by atoms with van der Waals surface area (Å²) in [5.74, 6) is 0. The van der Waals surface area contributed by atoms with Crippen molar-refractivity contribution in [2.24, 2.45) is 0 Å². The summed E-state index contributed by atoms with van der Waals surface area (Å²) in [6, 6.07) is 19.3. The maximum absolute atomic E-state index is 3.53. The van der Waals surface area contributed by atoms with E-state index >= 15 is 0 Å². The van der Waals surface area contributed by atoms with E-state index in [1.165, 1.54) is 24.0 Å². The SMILES string of the molecule is Brc1ccc(CCNCc2ccc(-c3ccccc3)s2)s1. The first-order valence-electron chi connectivity index (χ1n) is 6.90. The molecular weight excluding hydrogens is 362 g/mol. The van der Waals surface area contributed by atoms with Gasteiger partial charge in [-0.05, 0) is 52.2 Å². The molecule has 0 fully saturated rings. The Bertz CT molecular complexity index is 688. The highest BCUT2D eigenvalue weighted by Gasteiger charge is 2.02. The molecule has 1 aromatic carbocycles. The molecule has 3 aromatic rings. The fraction of sp³-hybridized carbons (Fsp3) is 0.176. The molecule has 0 aliphatic rings. The molecule has 0 saturated heterocycles. The lowest BCUT2D eigenvalue weighted by molar-refractivity contribution is 0.697. The van der Waals surface area contributed by atoms with E-state index in [1.807, 2.05) is 22.7 Å². The Labute approximate surface area is 141 Å². The summed E-state index contributed by atoms with van der Waals surface area (Å²) in [5.41, 5.74) is 1.30. The van der Waals surface area contributed by atoms with Crippen molar-refractivity contribution in [2.75, 3.05) is 6.54 Å². The predicted molar refractivity (Wildman–Crippen MR) is 97.2 cm³/mol.